The molecule has 0 aliphatic carbocycles. The number of carbonyl (C=O) groups excluding carboxylic acids is 1. The molecule has 0 N–H and O–H groups in total. The second kappa shape index (κ2) is 7.19. The van der Waals surface area contributed by atoms with Crippen LogP contribution in [0.3, 0.4) is 0 Å². The lowest BCUT2D eigenvalue weighted by molar-refractivity contribution is 0.0875. The van der Waals surface area contributed by atoms with Crippen molar-refractivity contribution in [3.05, 3.63) is 99.6 Å². The lowest BCUT2D eigenvalue weighted by Gasteiger charge is -2.34. The second-order valence-electron chi connectivity index (χ2n) is 7.74. The van der Waals surface area contributed by atoms with Crippen LogP contribution in [0.1, 0.15) is 39.0 Å². The van der Waals surface area contributed by atoms with Crippen LogP contribution in [-0.2, 0) is 0 Å². The molecule has 0 spiro atoms. The van der Waals surface area contributed by atoms with Gasteiger partial charge in [0, 0.05) is 17.7 Å². The standard InChI is InChI=1S/C25H16FN3OS/c26-19-7-5-17(6-8-19)23(30)22-21(18-10-12-31-13-18)25(14-27,15-28)24-20-4-2-1-3-16(20)9-11-29(22)24/h1-13,21-22,24H. The number of fused-ring (bicyclic) bond motifs is 3. The van der Waals surface area contributed by atoms with Gasteiger partial charge in [-0.25, -0.2) is 4.39 Å². The summed E-state index contributed by atoms with van der Waals surface area (Å²) in [5, 5.41) is 24.5. The Morgan fingerprint density at radius 2 is 1.81 bits per heavy atom. The monoisotopic (exact) mass is 425 g/mol. The molecule has 0 radical (unpaired) electrons. The highest BCUT2D eigenvalue weighted by Gasteiger charge is 2.63. The van der Waals surface area contributed by atoms with Crippen molar-refractivity contribution in [3.63, 3.8) is 0 Å². The predicted molar refractivity (Wildman–Crippen MR) is 115 cm³/mol. The molecule has 3 unspecified atom stereocenters. The SMILES string of the molecule is N#CC1(C#N)C(c2ccsc2)C(C(=O)c2ccc(F)cc2)N2C=Cc3ccccc3C21. The summed E-state index contributed by atoms with van der Waals surface area (Å²) in [6, 6.07) is 18.2. The van der Waals surface area contributed by atoms with Crippen LogP contribution in [0.2, 0.25) is 0 Å². The summed E-state index contributed by atoms with van der Waals surface area (Å²) in [6.07, 6.45) is 3.72. The molecule has 1 aromatic heterocycles. The largest absolute Gasteiger partial charge is 0.357 e. The number of Topliss-reactive ketones (excluding diaryl/α,β-unsaturated/α-hetero) is 1. The van der Waals surface area contributed by atoms with Gasteiger partial charge in [0.1, 0.15) is 11.9 Å². The van der Waals surface area contributed by atoms with Crippen molar-refractivity contribution in [2.45, 2.75) is 18.0 Å². The Morgan fingerprint density at radius 1 is 1.06 bits per heavy atom. The van der Waals surface area contributed by atoms with E-state index in [0.29, 0.717) is 5.56 Å². The zero-order chi connectivity index (χ0) is 21.6. The first-order chi connectivity index (χ1) is 15.1. The molecule has 5 rings (SSSR count). The van der Waals surface area contributed by atoms with Crippen molar-refractivity contribution >= 4 is 23.2 Å². The van der Waals surface area contributed by atoms with Gasteiger partial charge in [-0.1, -0.05) is 24.3 Å². The summed E-state index contributed by atoms with van der Waals surface area (Å²) >= 11 is 1.46. The molecule has 1 saturated heterocycles. The highest BCUT2D eigenvalue weighted by molar-refractivity contribution is 7.08. The van der Waals surface area contributed by atoms with E-state index >= 15 is 0 Å². The van der Waals surface area contributed by atoms with Crippen molar-refractivity contribution in [1.82, 2.24) is 4.90 Å². The van der Waals surface area contributed by atoms with E-state index in [1.807, 2.05) is 58.3 Å². The van der Waals surface area contributed by atoms with E-state index in [9.17, 15) is 19.7 Å². The third-order valence-electron chi connectivity index (χ3n) is 6.24. The topological polar surface area (TPSA) is 67.9 Å². The van der Waals surface area contributed by atoms with Gasteiger partial charge in [0.15, 0.2) is 11.2 Å². The van der Waals surface area contributed by atoms with Crippen LogP contribution in [0.5, 0.6) is 0 Å². The van der Waals surface area contributed by atoms with Gasteiger partial charge >= 0.3 is 0 Å². The first-order valence-corrected chi connectivity index (χ1v) is 10.7. The van der Waals surface area contributed by atoms with Crippen LogP contribution in [0.15, 0.2) is 71.6 Å². The molecule has 6 heteroatoms. The number of hydrogen-bond acceptors (Lipinski definition) is 5. The number of nitriles is 2. The minimum Gasteiger partial charge on any atom is -0.357 e. The van der Waals surface area contributed by atoms with Gasteiger partial charge in [0.05, 0.1) is 18.2 Å². The molecule has 0 bridgehead atoms. The summed E-state index contributed by atoms with van der Waals surface area (Å²) in [5.74, 6) is -1.32. The van der Waals surface area contributed by atoms with E-state index in [2.05, 4.69) is 12.1 Å². The summed E-state index contributed by atoms with van der Waals surface area (Å²) in [7, 11) is 0. The quantitative estimate of drug-likeness (QED) is 0.534. The van der Waals surface area contributed by atoms with E-state index in [1.165, 1.54) is 35.6 Å². The summed E-state index contributed by atoms with van der Waals surface area (Å²) in [5.41, 5.74) is 1.45. The zero-order valence-corrected chi connectivity index (χ0v) is 17.1. The maximum absolute atomic E-state index is 13.7. The van der Waals surface area contributed by atoms with Gasteiger partial charge in [0.2, 0.25) is 0 Å². The number of thiophene rings is 1. The van der Waals surface area contributed by atoms with Crippen LogP contribution in [-0.4, -0.2) is 16.7 Å². The molecule has 31 heavy (non-hydrogen) atoms. The average molecular weight is 425 g/mol. The van der Waals surface area contributed by atoms with Crippen molar-refractivity contribution in [1.29, 1.82) is 10.5 Å². The fraction of sp³-hybridized carbons (Fsp3) is 0.160. The molecular weight excluding hydrogens is 409 g/mol. The highest BCUT2D eigenvalue weighted by Crippen LogP contribution is 2.60. The van der Waals surface area contributed by atoms with Crippen LogP contribution >= 0.6 is 11.3 Å². The smallest absolute Gasteiger partial charge is 0.185 e. The van der Waals surface area contributed by atoms with Gasteiger partial charge in [-0.05, 0) is 63.9 Å². The van der Waals surface area contributed by atoms with Gasteiger partial charge in [-0.3, -0.25) is 4.79 Å². The first kappa shape index (κ1) is 19.2. The first-order valence-electron chi connectivity index (χ1n) is 9.79. The number of ketones is 1. The molecular formula is C25H16FN3OS. The number of nitrogens with zero attached hydrogens (tertiary/aromatic N) is 3. The summed E-state index contributed by atoms with van der Waals surface area (Å²) < 4.78 is 13.5. The number of benzene rings is 2. The van der Waals surface area contributed by atoms with Crippen LogP contribution < -0.4 is 0 Å². The number of halogens is 1. The fourth-order valence-corrected chi connectivity index (χ4v) is 5.60. The molecule has 3 aromatic rings. The molecule has 3 atom stereocenters. The third kappa shape index (κ3) is 2.73. The normalized spacial score (nSPS) is 22.8. The summed E-state index contributed by atoms with van der Waals surface area (Å²) in [6.45, 7) is 0. The lowest BCUT2D eigenvalue weighted by atomic mass is 9.68. The van der Waals surface area contributed by atoms with Crippen LogP contribution in [0.25, 0.3) is 6.08 Å². The van der Waals surface area contributed by atoms with Crippen molar-refractivity contribution in [2.24, 2.45) is 5.41 Å². The van der Waals surface area contributed by atoms with E-state index in [-0.39, 0.29) is 5.78 Å². The molecule has 150 valence electrons. The summed E-state index contributed by atoms with van der Waals surface area (Å²) in [4.78, 5) is 15.6. The predicted octanol–water partition coefficient (Wildman–Crippen LogP) is 5.30. The van der Waals surface area contributed by atoms with Crippen molar-refractivity contribution in [3.8, 4) is 12.1 Å². The number of hydrogen-bond donors (Lipinski definition) is 0. The Balaban J connectivity index is 1.75. The zero-order valence-electron chi connectivity index (χ0n) is 16.3. The number of rotatable bonds is 3. The van der Waals surface area contributed by atoms with Crippen molar-refractivity contribution < 1.29 is 9.18 Å². The average Bonchev–Trinajstić information content (AvgIpc) is 3.43. The highest BCUT2D eigenvalue weighted by atomic mass is 32.1. The molecule has 2 aromatic carbocycles. The molecule has 2 aliphatic heterocycles. The third-order valence-corrected chi connectivity index (χ3v) is 6.94. The Hall–Kier alpha value is -3.74. The molecule has 1 fully saturated rings. The Labute approximate surface area is 183 Å². The minimum atomic E-state index is -1.47. The van der Waals surface area contributed by atoms with Gasteiger partial charge in [0.25, 0.3) is 0 Å². The maximum atomic E-state index is 13.7. The lowest BCUT2D eigenvalue weighted by Crippen LogP contribution is -2.37. The van der Waals surface area contributed by atoms with E-state index in [1.54, 1.807) is 0 Å². The molecule has 4 nitrogen and oxygen atoms in total. The van der Waals surface area contributed by atoms with E-state index in [0.717, 1.165) is 16.7 Å². The maximum Gasteiger partial charge on any atom is 0.185 e. The van der Waals surface area contributed by atoms with Gasteiger partial charge in [-0.2, -0.15) is 21.9 Å². The Morgan fingerprint density at radius 3 is 2.48 bits per heavy atom. The molecule has 0 saturated carbocycles. The van der Waals surface area contributed by atoms with Gasteiger partial charge < -0.3 is 4.90 Å². The molecule has 0 amide bonds. The fourth-order valence-electron chi connectivity index (χ4n) is 4.90. The minimum absolute atomic E-state index is 0.238. The Bertz CT molecular complexity index is 1250. The van der Waals surface area contributed by atoms with Crippen molar-refractivity contribution in [2.75, 3.05) is 0 Å². The molecule has 3 heterocycles. The van der Waals surface area contributed by atoms with Crippen LogP contribution in [0, 0.1) is 33.9 Å². The van der Waals surface area contributed by atoms with Crippen LogP contribution in [0.4, 0.5) is 4.39 Å². The van der Waals surface area contributed by atoms with Gasteiger partial charge in [-0.15, -0.1) is 0 Å². The van der Waals surface area contributed by atoms with E-state index in [4.69, 9.17) is 0 Å². The molecule has 2 aliphatic rings. The van der Waals surface area contributed by atoms with E-state index < -0.39 is 29.2 Å². The number of carbonyl (C=O) groups is 1. The Kier molecular flexibility index (Phi) is 4.46. The second-order valence-corrected chi connectivity index (χ2v) is 8.52.